The number of aryl methyl sites for hydroxylation is 2. The summed E-state index contributed by atoms with van der Waals surface area (Å²) in [6.07, 6.45) is 1.68. The molecule has 2 aromatic carbocycles. The van der Waals surface area contributed by atoms with Crippen LogP contribution >= 0.6 is 0 Å². The van der Waals surface area contributed by atoms with Crippen LogP contribution in [0.25, 0.3) is 10.8 Å². The second-order valence-electron chi connectivity index (χ2n) is 7.62. The Hall–Kier alpha value is -3.15. The van der Waals surface area contributed by atoms with Crippen molar-refractivity contribution in [3.05, 3.63) is 59.5 Å². The zero-order valence-corrected chi connectivity index (χ0v) is 17.7. The Morgan fingerprint density at radius 2 is 2.00 bits per heavy atom. The van der Waals surface area contributed by atoms with Gasteiger partial charge in [0, 0.05) is 18.3 Å². The quantitative estimate of drug-likeness (QED) is 0.632. The topological polar surface area (TPSA) is 64.5 Å². The van der Waals surface area contributed by atoms with E-state index in [9.17, 15) is 4.79 Å². The van der Waals surface area contributed by atoms with Crippen LogP contribution in [0.1, 0.15) is 41.6 Å². The summed E-state index contributed by atoms with van der Waals surface area (Å²) >= 11 is 0. The SMILES string of the molecule is CCOc1ccc2ccccc2c1C(=O)N1CCCC(Oc2cc(C)nc(C)n2)C1. The molecule has 156 valence electrons. The summed E-state index contributed by atoms with van der Waals surface area (Å²) in [5, 5.41) is 1.94. The molecule has 6 heteroatoms. The van der Waals surface area contributed by atoms with Crippen LogP contribution in [0.5, 0.6) is 11.6 Å². The number of piperidine rings is 1. The van der Waals surface area contributed by atoms with Crippen molar-refractivity contribution in [2.45, 2.75) is 39.7 Å². The molecule has 6 nitrogen and oxygen atoms in total. The lowest BCUT2D eigenvalue weighted by Gasteiger charge is -2.33. The molecule has 1 atom stereocenters. The number of aromatic nitrogens is 2. The van der Waals surface area contributed by atoms with Gasteiger partial charge in [0.1, 0.15) is 17.7 Å². The summed E-state index contributed by atoms with van der Waals surface area (Å²) in [6.45, 7) is 7.45. The minimum absolute atomic E-state index is 0.0152. The fourth-order valence-electron chi connectivity index (χ4n) is 4.04. The third-order valence-electron chi connectivity index (χ3n) is 5.30. The zero-order valence-electron chi connectivity index (χ0n) is 17.7. The Morgan fingerprint density at radius 3 is 2.80 bits per heavy atom. The van der Waals surface area contributed by atoms with Gasteiger partial charge in [-0.25, -0.2) is 4.98 Å². The molecule has 1 fully saturated rings. The van der Waals surface area contributed by atoms with Gasteiger partial charge >= 0.3 is 0 Å². The van der Waals surface area contributed by atoms with Crippen LogP contribution in [-0.2, 0) is 0 Å². The minimum atomic E-state index is -0.0954. The van der Waals surface area contributed by atoms with E-state index in [0.717, 1.165) is 29.3 Å². The largest absolute Gasteiger partial charge is 0.493 e. The molecule has 0 saturated carbocycles. The summed E-state index contributed by atoms with van der Waals surface area (Å²) in [4.78, 5) is 24.1. The van der Waals surface area contributed by atoms with Gasteiger partial charge in [0.05, 0.1) is 18.7 Å². The number of hydrogen-bond acceptors (Lipinski definition) is 5. The number of hydrogen-bond donors (Lipinski definition) is 0. The number of nitrogens with zero attached hydrogens (tertiary/aromatic N) is 3. The average Bonchev–Trinajstić information content (AvgIpc) is 2.73. The molecule has 0 aliphatic carbocycles. The second kappa shape index (κ2) is 8.69. The highest BCUT2D eigenvalue weighted by atomic mass is 16.5. The van der Waals surface area contributed by atoms with E-state index in [0.29, 0.717) is 42.7 Å². The van der Waals surface area contributed by atoms with E-state index in [1.165, 1.54) is 0 Å². The van der Waals surface area contributed by atoms with Gasteiger partial charge in [0.25, 0.3) is 5.91 Å². The normalized spacial score (nSPS) is 16.5. The molecule has 1 aromatic heterocycles. The molecule has 1 amide bonds. The number of likely N-dealkylation sites (tertiary alicyclic amines) is 1. The number of carbonyl (C=O) groups excluding carboxylic acids is 1. The van der Waals surface area contributed by atoms with Crippen molar-refractivity contribution >= 4 is 16.7 Å². The van der Waals surface area contributed by atoms with Crippen LogP contribution in [0.4, 0.5) is 0 Å². The summed E-state index contributed by atoms with van der Waals surface area (Å²) in [6, 6.07) is 13.7. The van der Waals surface area contributed by atoms with E-state index in [1.54, 1.807) is 0 Å². The van der Waals surface area contributed by atoms with E-state index in [-0.39, 0.29) is 12.0 Å². The Kier molecular flexibility index (Phi) is 5.84. The Morgan fingerprint density at radius 1 is 1.17 bits per heavy atom. The molecule has 0 radical (unpaired) electrons. The molecule has 1 unspecified atom stereocenters. The first-order valence-corrected chi connectivity index (χ1v) is 10.5. The minimum Gasteiger partial charge on any atom is -0.493 e. The van der Waals surface area contributed by atoms with Crippen molar-refractivity contribution in [3.63, 3.8) is 0 Å². The van der Waals surface area contributed by atoms with Gasteiger partial charge in [0.2, 0.25) is 5.88 Å². The maximum Gasteiger partial charge on any atom is 0.258 e. The molecule has 4 rings (SSSR count). The Balaban J connectivity index is 1.59. The van der Waals surface area contributed by atoms with Gasteiger partial charge in [-0.05, 0) is 50.5 Å². The lowest BCUT2D eigenvalue weighted by atomic mass is 10.0. The third kappa shape index (κ3) is 4.22. The van der Waals surface area contributed by atoms with Crippen LogP contribution in [0, 0.1) is 13.8 Å². The van der Waals surface area contributed by atoms with Crippen molar-refractivity contribution in [1.29, 1.82) is 0 Å². The fourth-order valence-corrected chi connectivity index (χ4v) is 4.04. The van der Waals surface area contributed by atoms with Gasteiger partial charge in [-0.2, -0.15) is 4.98 Å². The van der Waals surface area contributed by atoms with Crippen LogP contribution in [-0.4, -0.2) is 46.6 Å². The third-order valence-corrected chi connectivity index (χ3v) is 5.30. The molecule has 0 N–H and O–H groups in total. The van der Waals surface area contributed by atoms with Crippen LogP contribution < -0.4 is 9.47 Å². The van der Waals surface area contributed by atoms with E-state index in [2.05, 4.69) is 9.97 Å². The molecule has 1 saturated heterocycles. The van der Waals surface area contributed by atoms with Crippen LogP contribution in [0.3, 0.4) is 0 Å². The van der Waals surface area contributed by atoms with Gasteiger partial charge in [-0.15, -0.1) is 0 Å². The molecular formula is C24H27N3O3. The summed E-state index contributed by atoms with van der Waals surface area (Å²) in [7, 11) is 0. The number of carbonyl (C=O) groups is 1. The van der Waals surface area contributed by atoms with E-state index in [4.69, 9.17) is 9.47 Å². The standard InChI is InChI=1S/C24H27N3O3/c1-4-29-21-12-11-18-8-5-6-10-20(18)23(21)24(28)27-13-7-9-19(15-27)30-22-14-16(2)25-17(3)26-22/h5-6,8,10-12,14,19H,4,7,9,13,15H2,1-3H3. The van der Waals surface area contributed by atoms with Crippen molar-refractivity contribution in [2.24, 2.45) is 0 Å². The maximum absolute atomic E-state index is 13.6. The molecule has 30 heavy (non-hydrogen) atoms. The van der Waals surface area contributed by atoms with E-state index < -0.39 is 0 Å². The molecule has 2 heterocycles. The second-order valence-corrected chi connectivity index (χ2v) is 7.62. The highest BCUT2D eigenvalue weighted by Gasteiger charge is 2.29. The van der Waals surface area contributed by atoms with Gasteiger partial charge in [0.15, 0.2) is 0 Å². The maximum atomic E-state index is 13.6. The molecule has 0 bridgehead atoms. The number of fused-ring (bicyclic) bond motifs is 1. The fraction of sp³-hybridized carbons (Fsp3) is 0.375. The van der Waals surface area contributed by atoms with Crippen LogP contribution in [0.2, 0.25) is 0 Å². The summed E-state index contributed by atoms with van der Waals surface area (Å²) < 4.78 is 11.9. The summed E-state index contributed by atoms with van der Waals surface area (Å²) in [5.41, 5.74) is 1.50. The van der Waals surface area contributed by atoms with Gasteiger partial charge < -0.3 is 14.4 Å². The number of benzene rings is 2. The first-order chi connectivity index (χ1) is 14.5. The van der Waals surface area contributed by atoms with E-state index in [1.807, 2.05) is 68.1 Å². The monoisotopic (exact) mass is 405 g/mol. The Labute approximate surface area is 176 Å². The number of rotatable bonds is 5. The van der Waals surface area contributed by atoms with Crippen LogP contribution in [0.15, 0.2) is 42.5 Å². The van der Waals surface area contributed by atoms with Crippen molar-refractivity contribution in [1.82, 2.24) is 14.9 Å². The molecule has 3 aromatic rings. The molecule has 1 aliphatic rings. The van der Waals surface area contributed by atoms with Gasteiger partial charge in [-0.3, -0.25) is 4.79 Å². The first kappa shape index (κ1) is 20.1. The lowest BCUT2D eigenvalue weighted by Crippen LogP contribution is -2.44. The molecule has 0 spiro atoms. The smallest absolute Gasteiger partial charge is 0.258 e. The Bertz CT molecular complexity index is 1050. The molecule has 1 aliphatic heterocycles. The average molecular weight is 405 g/mol. The zero-order chi connectivity index (χ0) is 21.1. The van der Waals surface area contributed by atoms with Gasteiger partial charge in [-0.1, -0.05) is 30.3 Å². The van der Waals surface area contributed by atoms with Crippen molar-refractivity contribution in [3.8, 4) is 11.6 Å². The predicted octanol–water partition coefficient (Wildman–Crippen LogP) is 4.33. The summed E-state index contributed by atoms with van der Waals surface area (Å²) in [5.74, 6) is 1.87. The van der Waals surface area contributed by atoms with Crippen molar-refractivity contribution in [2.75, 3.05) is 19.7 Å². The number of amides is 1. The molecular weight excluding hydrogens is 378 g/mol. The highest BCUT2D eigenvalue weighted by molar-refractivity contribution is 6.09. The predicted molar refractivity (Wildman–Crippen MR) is 116 cm³/mol. The van der Waals surface area contributed by atoms with E-state index >= 15 is 0 Å². The number of ether oxygens (including phenoxy) is 2. The highest BCUT2D eigenvalue weighted by Crippen LogP contribution is 2.30. The lowest BCUT2D eigenvalue weighted by molar-refractivity contribution is 0.0525. The first-order valence-electron chi connectivity index (χ1n) is 10.5. The van der Waals surface area contributed by atoms with Crippen molar-refractivity contribution < 1.29 is 14.3 Å².